The molecule has 2 unspecified atom stereocenters. The third kappa shape index (κ3) is 2.06. The van der Waals surface area contributed by atoms with E-state index in [4.69, 9.17) is 5.73 Å². The van der Waals surface area contributed by atoms with Gasteiger partial charge in [-0.3, -0.25) is 4.79 Å². The van der Waals surface area contributed by atoms with Gasteiger partial charge < -0.3 is 16.0 Å². The molecule has 0 radical (unpaired) electrons. The van der Waals surface area contributed by atoms with Gasteiger partial charge in [-0.2, -0.15) is 0 Å². The molecule has 1 aliphatic carbocycles. The number of likely N-dealkylation sites (tertiary alicyclic amines) is 1. The number of piperidine rings is 1. The molecule has 100 valence electrons. The van der Waals surface area contributed by atoms with E-state index in [1.807, 2.05) is 0 Å². The third-order valence-corrected chi connectivity index (χ3v) is 4.53. The quantitative estimate of drug-likeness (QED) is 0.524. The number of aliphatic imine (C=N–C) groups is 1. The number of nitrogens with two attached hydrogens (primary N) is 1. The molecule has 5 nitrogen and oxygen atoms in total. The van der Waals surface area contributed by atoms with Crippen LogP contribution in [0.5, 0.6) is 0 Å². The molecular weight excluding hydrogens is 228 g/mol. The summed E-state index contributed by atoms with van der Waals surface area (Å²) in [6.45, 7) is 1.67. The predicted molar refractivity (Wildman–Crippen MR) is 70.1 cm³/mol. The van der Waals surface area contributed by atoms with Gasteiger partial charge in [0.05, 0.1) is 18.0 Å². The van der Waals surface area contributed by atoms with Crippen molar-refractivity contribution >= 4 is 11.9 Å². The van der Waals surface area contributed by atoms with Crippen LogP contribution in [0.3, 0.4) is 0 Å². The van der Waals surface area contributed by atoms with Crippen molar-refractivity contribution < 1.29 is 4.79 Å². The minimum atomic E-state index is 0.121. The van der Waals surface area contributed by atoms with Crippen LogP contribution in [0.4, 0.5) is 0 Å². The molecule has 2 saturated heterocycles. The van der Waals surface area contributed by atoms with E-state index in [2.05, 4.69) is 15.2 Å². The van der Waals surface area contributed by atoms with Gasteiger partial charge in [0, 0.05) is 13.1 Å². The van der Waals surface area contributed by atoms with Crippen molar-refractivity contribution in [3.05, 3.63) is 0 Å². The Morgan fingerprint density at radius 3 is 2.83 bits per heavy atom. The number of nitrogens with one attached hydrogen (secondary N) is 1. The van der Waals surface area contributed by atoms with E-state index >= 15 is 0 Å². The second-order valence-corrected chi connectivity index (χ2v) is 5.68. The third-order valence-electron chi connectivity index (χ3n) is 4.53. The predicted octanol–water partition coefficient (Wildman–Crippen LogP) is 0.454. The summed E-state index contributed by atoms with van der Waals surface area (Å²) in [6.07, 6.45) is 6.90. The van der Waals surface area contributed by atoms with E-state index in [0.29, 0.717) is 12.0 Å². The highest BCUT2D eigenvalue weighted by Gasteiger charge is 2.41. The monoisotopic (exact) mass is 250 g/mol. The normalized spacial score (nSPS) is 33.7. The van der Waals surface area contributed by atoms with E-state index in [1.165, 1.54) is 25.7 Å². The molecule has 0 spiro atoms. The lowest BCUT2D eigenvalue weighted by molar-refractivity contribution is -0.123. The van der Waals surface area contributed by atoms with Gasteiger partial charge in [0.15, 0.2) is 5.96 Å². The van der Waals surface area contributed by atoms with Crippen LogP contribution in [-0.4, -0.2) is 41.9 Å². The first-order chi connectivity index (χ1) is 8.75. The van der Waals surface area contributed by atoms with Crippen LogP contribution in [0, 0.1) is 5.92 Å². The van der Waals surface area contributed by atoms with Crippen LogP contribution >= 0.6 is 0 Å². The first kappa shape index (κ1) is 11.8. The summed E-state index contributed by atoms with van der Waals surface area (Å²) >= 11 is 0. The maximum Gasteiger partial charge on any atom is 0.225 e. The van der Waals surface area contributed by atoms with Crippen molar-refractivity contribution in [1.82, 2.24) is 10.2 Å². The molecule has 1 saturated carbocycles. The lowest BCUT2D eigenvalue weighted by Crippen LogP contribution is -2.52. The van der Waals surface area contributed by atoms with Gasteiger partial charge in [0.25, 0.3) is 0 Å². The molecule has 5 heteroatoms. The lowest BCUT2D eigenvalue weighted by atomic mass is 9.92. The van der Waals surface area contributed by atoms with Gasteiger partial charge in [0.1, 0.15) is 0 Å². The standard InChI is InChI=1S/C13H22N4O/c14-13(16-9-4-1-2-5-9)17-7-3-6-10-11(17)8-15-12(10)18/h9-11H,1-8H2,(H2,14,16)(H,15,18). The fraction of sp³-hybridized carbons (Fsp3) is 0.846. The average Bonchev–Trinajstić information content (AvgIpc) is 3.00. The summed E-state index contributed by atoms with van der Waals surface area (Å²) < 4.78 is 0. The average molecular weight is 250 g/mol. The zero-order chi connectivity index (χ0) is 12.5. The van der Waals surface area contributed by atoms with Gasteiger partial charge in [-0.15, -0.1) is 0 Å². The van der Waals surface area contributed by atoms with Gasteiger partial charge in [-0.05, 0) is 25.7 Å². The van der Waals surface area contributed by atoms with Crippen LogP contribution in [0.15, 0.2) is 4.99 Å². The van der Waals surface area contributed by atoms with Crippen LogP contribution in [-0.2, 0) is 4.79 Å². The highest BCUT2D eigenvalue weighted by atomic mass is 16.2. The molecule has 3 aliphatic rings. The Morgan fingerprint density at radius 1 is 1.28 bits per heavy atom. The number of rotatable bonds is 1. The summed E-state index contributed by atoms with van der Waals surface area (Å²) in [5.41, 5.74) is 6.17. The van der Waals surface area contributed by atoms with Crippen molar-refractivity contribution in [2.24, 2.45) is 16.6 Å². The maximum absolute atomic E-state index is 11.7. The number of nitrogens with zero attached hydrogens (tertiary/aromatic N) is 2. The van der Waals surface area contributed by atoms with E-state index in [9.17, 15) is 4.79 Å². The first-order valence-corrected chi connectivity index (χ1v) is 7.13. The summed E-state index contributed by atoms with van der Waals surface area (Å²) in [7, 11) is 0. The number of guanidine groups is 1. The topological polar surface area (TPSA) is 70.7 Å². The molecule has 3 N–H and O–H groups in total. The zero-order valence-electron chi connectivity index (χ0n) is 10.8. The molecule has 2 heterocycles. The highest BCUT2D eigenvalue weighted by Crippen LogP contribution is 2.28. The first-order valence-electron chi connectivity index (χ1n) is 7.13. The van der Waals surface area contributed by atoms with E-state index in [1.54, 1.807) is 0 Å². The highest BCUT2D eigenvalue weighted by molar-refractivity contribution is 5.85. The Hall–Kier alpha value is -1.26. The molecule has 2 atom stereocenters. The van der Waals surface area contributed by atoms with E-state index in [0.717, 1.165) is 25.9 Å². The number of carbonyl (C=O) groups excluding carboxylic acids is 1. The minimum Gasteiger partial charge on any atom is -0.370 e. The van der Waals surface area contributed by atoms with Crippen LogP contribution in [0.25, 0.3) is 0 Å². The van der Waals surface area contributed by atoms with Gasteiger partial charge in [0.2, 0.25) is 5.91 Å². The maximum atomic E-state index is 11.7. The van der Waals surface area contributed by atoms with Crippen molar-refractivity contribution in [2.75, 3.05) is 13.1 Å². The Balaban J connectivity index is 1.72. The van der Waals surface area contributed by atoms with Gasteiger partial charge in [-0.1, -0.05) is 12.8 Å². The second-order valence-electron chi connectivity index (χ2n) is 5.68. The number of carbonyl (C=O) groups is 1. The minimum absolute atomic E-state index is 0.121. The molecule has 18 heavy (non-hydrogen) atoms. The molecule has 3 fully saturated rings. The van der Waals surface area contributed by atoms with Crippen LogP contribution in [0.2, 0.25) is 0 Å². The summed E-state index contributed by atoms with van der Waals surface area (Å²) in [5.74, 6) is 0.975. The smallest absolute Gasteiger partial charge is 0.225 e. The Kier molecular flexibility index (Phi) is 3.14. The van der Waals surface area contributed by atoms with Gasteiger partial charge >= 0.3 is 0 Å². The molecular formula is C13H22N4O. The Bertz CT molecular complexity index is 362. The molecule has 1 amide bonds. The lowest BCUT2D eigenvalue weighted by Gasteiger charge is -2.36. The fourth-order valence-corrected chi connectivity index (χ4v) is 3.53. The molecule has 0 bridgehead atoms. The number of hydrogen-bond donors (Lipinski definition) is 2. The zero-order valence-corrected chi connectivity index (χ0v) is 10.8. The SMILES string of the molecule is NC(=NC1CCCC1)N1CCCC2C(=O)NCC21. The van der Waals surface area contributed by atoms with Crippen molar-refractivity contribution in [3.63, 3.8) is 0 Å². The molecule has 2 aliphatic heterocycles. The molecule has 0 aromatic rings. The molecule has 0 aromatic carbocycles. The fourth-order valence-electron chi connectivity index (χ4n) is 3.53. The van der Waals surface area contributed by atoms with Crippen molar-refractivity contribution in [2.45, 2.75) is 50.6 Å². The summed E-state index contributed by atoms with van der Waals surface area (Å²) in [5, 5.41) is 2.95. The largest absolute Gasteiger partial charge is 0.370 e. The Morgan fingerprint density at radius 2 is 2.06 bits per heavy atom. The Labute approximate surface area is 108 Å². The number of hydrogen-bond acceptors (Lipinski definition) is 2. The van der Waals surface area contributed by atoms with Crippen molar-refractivity contribution in [1.29, 1.82) is 0 Å². The number of amides is 1. The second kappa shape index (κ2) is 4.78. The number of fused-ring (bicyclic) bond motifs is 1. The molecule has 3 rings (SSSR count). The van der Waals surface area contributed by atoms with Crippen LogP contribution in [0.1, 0.15) is 38.5 Å². The van der Waals surface area contributed by atoms with Crippen molar-refractivity contribution in [3.8, 4) is 0 Å². The molecule has 0 aromatic heterocycles. The summed E-state index contributed by atoms with van der Waals surface area (Å²) in [6, 6.07) is 0.645. The van der Waals surface area contributed by atoms with Crippen LogP contribution < -0.4 is 11.1 Å². The van der Waals surface area contributed by atoms with E-state index < -0.39 is 0 Å². The summed E-state index contributed by atoms with van der Waals surface area (Å²) in [4.78, 5) is 18.5. The van der Waals surface area contributed by atoms with Gasteiger partial charge in [-0.25, -0.2) is 4.99 Å². The van der Waals surface area contributed by atoms with E-state index in [-0.39, 0.29) is 17.9 Å².